The van der Waals surface area contributed by atoms with Crippen LogP contribution in [0.4, 0.5) is 5.69 Å². The topological polar surface area (TPSA) is 29.3 Å². The summed E-state index contributed by atoms with van der Waals surface area (Å²) in [5.41, 5.74) is 9.14. The number of hydrogen-bond donors (Lipinski definition) is 1. The smallest absolute Gasteiger partial charge is 0.0316 e. The Balaban J connectivity index is 1.64. The molecule has 2 fully saturated rings. The van der Waals surface area contributed by atoms with E-state index in [0.717, 1.165) is 18.0 Å². The van der Waals surface area contributed by atoms with Crippen molar-refractivity contribution in [3.8, 4) is 0 Å². The van der Waals surface area contributed by atoms with E-state index >= 15 is 0 Å². The minimum absolute atomic E-state index is 0.506. The monoisotopic (exact) mass is 272 g/mol. The lowest BCUT2D eigenvalue weighted by Gasteiger charge is -2.50. The van der Waals surface area contributed by atoms with E-state index in [0.29, 0.717) is 10.8 Å². The molecule has 1 heterocycles. The number of benzene rings is 1. The summed E-state index contributed by atoms with van der Waals surface area (Å²) in [6.45, 7) is 11.2. The molecule has 1 saturated heterocycles. The number of rotatable bonds is 3. The van der Waals surface area contributed by atoms with E-state index < -0.39 is 0 Å². The van der Waals surface area contributed by atoms with Crippen molar-refractivity contribution < 1.29 is 0 Å². The van der Waals surface area contributed by atoms with E-state index in [1.165, 1.54) is 38.0 Å². The summed E-state index contributed by atoms with van der Waals surface area (Å²) in [5.74, 6) is 0.877. The Morgan fingerprint density at radius 3 is 2.80 bits per heavy atom. The highest BCUT2D eigenvalue weighted by Crippen LogP contribution is 2.58. The van der Waals surface area contributed by atoms with Gasteiger partial charge in [-0.3, -0.25) is 0 Å². The van der Waals surface area contributed by atoms with Gasteiger partial charge in [0.25, 0.3) is 0 Å². The van der Waals surface area contributed by atoms with Crippen molar-refractivity contribution in [1.29, 1.82) is 0 Å². The normalized spacial score (nSPS) is 32.5. The number of nitrogen functional groups attached to an aromatic ring is 1. The first kappa shape index (κ1) is 13.9. The van der Waals surface area contributed by atoms with Gasteiger partial charge in [0.05, 0.1) is 0 Å². The Morgan fingerprint density at radius 2 is 2.10 bits per heavy atom. The average molecular weight is 272 g/mol. The van der Waals surface area contributed by atoms with E-state index in [-0.39, 0.29) is 0 Å². The van der Waals surface area contributed by atoms with E-state index in [1.807, 2.05) is 6.07 Å². The van der Waals surface area contributed by atoms with E-state index in [2.05, 4.69) is 43.9 Å². The SMILES string of the molecule is CC1(C)C2CC[C@]1(C)CN(CCc1cccc(N)c1)C2. The van der Waals surface area contributed by atoms with Crippen molar-refractivity contribution in [2.45, 2.75) is 40.0 Å². The molecule has 1 saturated carbocycles. The van der Waals surface area contributed by atoms with Crippen LogP contribution in [0.5, 0.6) is 0 Å². The fraction of sp³-hybridized carbons (Fsp3) is 0.667. The lowest BCUT2D eigenvalue weighted by molar-refractivity contribution is -0.0169. The highest BCUT2D eigenvalue weighted by molar-refractivity contribution is 5.40. The van der Waals surface area contributed by atoms with Crippen LogP contribution in [0.15, 0.2) is 24.3 Å². The first-order valence-electron chi connectivity index (χ1n) is 7.97. The Kier molecular flexibility index (Phi) is 3.32. The van der Waals surface area contributed by atoms with Crippen molar-refractivity contribution in [2.24, 2.45) is 16.7 Å². The standard InChI is InChI=1S/C18H28N2/c1-17(2)15-7-9-18(17,3)13-20(12-15)10-8-14-5-4-6-16(19)11-14/h4-6,11,15H,7-10,12-13,19H2,1-3H3/t15?,18-/m1/s1. The third kappa shape index (κ3) is 2.24. The summed E-state index contributed by atoms with van der Waals surface area (Å²) >= 11 is 0. The van der Waals surface area contributed by atoms with Gasteiger partial charge in [-0.05, 0) is 53.7 Å². The van der Waals surface area contributed by atoms with Crippen LogP contribution in [0.1, 0.15) is 39.2 Å². The zero-order valence-electron chi connectivity index (χ0n) is 13.2. The zero-order chi connectivity index (χ0) is 14.4. The molecule has 110 valence electrons. The van der Waals surface area contributed by atoms with Crippen LogP contribution < -0.4 is 5.73 Å². The van der Waals surface area contributed by atoms with Crippen LogP contribution in [-0.2, 0) is 6.42 Å². The van der Waals surface area contributed by atoms with Crippen molar-refractivity contribution in [3.05, 3.63) is 29.8 Å². The molecule has 0 radical (unpaired) electrons. The predicted octanol–water partition coefficient (Wildman–Crippen LogP) is 3.57. The Bertz CT molecular complexity index is 494. The number of anilines is 1. The molecule has 20 heavy (non-hydrogen) atoms. The van der Waals surface area contributed by atoms with E-state index in [4.69, 9.17) is 5.73 Å². The maximum Gasteiger partial charge on any atom is 0.0316 e. The van der Waals surface area contributed by atoms with Gasteiger partial charge in [0, 0.05) is 25.3 Å². The van der Waals surface area contributed by atoms with Gasteiger partial charge in [0.15, 0.2) is 0 Å². The largest absolute Gasteiger partial charge is 0.399 e. The lowest BCUT2D eigenvalue weighted by Crippen LogP contribution is -2.52. The summed E-state index contributed by atoms with van der Waals surface area (Å²) in [4.78, 5) is 2.69. The number of piperidine rings is 1. The molecule has 0 aromatic heterocycles. The van der Waals surface area contributed by atoms with Gasteiger partial charge in [-0.25, -0.2) is 0 Å². The summed E-state index contributed by atoms with van der Waals surface area (Å²) in [6.07, 6.45) is 3.94. The zero-order valence-corrected chi connectivity index (χ0v) is 13.2. The molecule has 1 aromatic carbocycles. The molecule has 2 atom stereocenters. The van der Waals surface area contributed by atoms with E-state index in [1.54, 1.807) is 0 Å². The molecule has 0 amide bonds. The maximum atomic E-state index is 5.86. The van der Waals surface area contributed by atoms with Crippen LogP contribution in [0.3, 0.4) is 0 Å². The van der Waals surface area contributed by atoms with Crippen molar-refractivity contribution in [2.75, 3.05) is 25.4 Å². The summed E-state index contributed by atoms with van der Waals surface area (Å²) in [6, 6.07) is 8.34. The van der Waals surface area contributed by atoms with Gasteiger partial charge in [0.1, 0.15) is 0 Å². The molecule has 2 heteroatoms. The number of nitrogens with zero attached hydrogens (tertiary/aromatic N) is 1. The highest BCUT2D eigenvalue weighted by Gasteiger charge is 2.55. The van der Waals surface area contributed by atoms with Crippen LogP contribution in [0.25, 0.3) is 0 Å². The fourth-order valence-corrected chi connectivity index (χ4v) is 4.35. The second kappa shape index (κ2) is 4.77. The van der Waals surface area contributed by atoms with Crippen LogP contribution in [0, 0.1) is 16.7 Å². The molecule has 0 spiro atoms. The third-order valence-corrected chi connectivity index (χ3v) is 6.34. The first-order valence-corrected chi connectivity index (χ1v) is 7.97. The molecule has 3 rings (SSSR count). The van der Waals surface area contributed by atoms with Gasteiger partial charge in [-0.2, -0.15) is 0 Å². The average Bonchev–Trinajstić information content (AvgIpc) is 2.54. The molecule has 2 N–H and O–H groups in total. The molecule has 2 nitrogen and oxygen atoms in total. The highest BCUT2D eigenvalue weighted by atomic mass is 15.2. The Hall–Kier alpha value is -1.02. The molecule has 1 aliphatic heterocycles. The molecule has 1 unspecified atom stereocenters. The van der Waals surface area contributed by atoms with E-state index in [9.17, 15) is 0 Å². The summed E-state index contributed by atoms with van der Waals surface area (Å²) in [5, 5.41) is 0. The maximum absolute atomic E-state index is 5.86. The van der Waals surface area contributed by atoms with Gasteiger partial charge in [-0.15, -0.1) is 0 Å². The van der Waals surface area contributed by atoms with Crippen LogP contribution in [-0.4, -0.2) is 24.5 Å². The minimum Gasteiger partial charge on any atom is -0.399 e. The Morgan fingerprint density at radius 1 is 1.30 bits per heavy atom. The van der Waals surface area contributed by atoms with Gasteiger partial charge >= 0.3 is 0 Å². The molecular weight excluding hydrogens is 244 g/mol. The fourth-order valence-electron chi connectivity index (χ4n) is 4.35. The molecular formula is C18H28N2. The van der Waals surface area contributed by atoms with Gasteiger partial charge in [0.2, 0.25) is 0 Å². The third-order valence-electron chi connectivity index (χ3n) is 6.34. The van der Waals surface area contributed by atoms with Crippen LogP contribution >= 0.6 is 0 Å². The predicted molar refractivity (Wildman–Crippen MR) is 85.6 cm³/mol. The molecule has 1 aliphatic carbocycles. The molecule has 2 bridgehead atoms. The Labute approximate surface area is 123 Å². The number of likely N-dealkylation sites (tertiary alicyclic amines) is 1. The van der Waals surface area contributed by atoms with Gasteiger partial charge in [-0.1, -0.05) is 32.9 Å². The number of nitrogens with two attached hydrogens (primary N) is 1. The summed E-state index contributed by atoms with van der Waals surface area (Å²) in [7, 11) is 0. The van der Waals surface area contributed by atoms with Crippen molar-refractivity contribution in [1.82, 2.24) is 4.90 Å². The molecule has 2 aliphatic rings. The van der Waals surface area contributed by atoms with Crippen LogP contribution in [0.2, 0.25) is 0 Å². The lowest BCUT2D eigenvalue weighted by atomic mass is 9.63. The number of hydrogen-bond acceptors (Lipinski definition) is 2. The van der Waals surface area contributed by atoms with Crippen molar-refractivity contribution in [3.63, 3.8) is 0 Å². The quantitative estimate of drug-likeness (QED) is 0.852. The number of fused-ring (bicyclic) bond motifs is 2. The minimum atomic E-state index is 0.506. The van der Waals surface area contributed by atoms with Crippen molar-refractivity contribution >= 4 is 5.69 Å². The second-order valence-electron chi connectivity index (χ2n) is 7.75. The first-order chi connectivity index (χ1) is 9.41. The second-order valence-corrected chi connectivity index (χ2v) is 7.75. The summed E-state index contributed by atoms with van der Waals surface area (Å²) < 4.78 is 0. The molecule has 1 aromatic rings. The van der Waals surface area contributed by atoms with Gasteiger partial charge < -0.3 is 10.6 Å².